The molecule has 0 aliphatic carbocycles. The van der Waals surface area contributed by atoms with Crippen LogP contribution in [0.3, 0.4) is 0 Å². The fraction of sp³-hybridized carbons (Fsp3) is 0.467. The van der Waals surface area contributed by atoms with Crippen LogP contribution in [0.4, 0.5) is 0 Å². The van der Waals surface area contributed by atoms with Crippen molar-refractivity contribution in [3.63, 3.8) is 0 Å². The maximum absolute atomic E-state index is 12.2. The molecule has 0 fully saturated rings. The Hall–Kier alpha value is -1.00. The van der Waals surface area contributed by atoms with Crippen LogP contribution >= 0.6 is 11.6 Å². The van der Waals surface area contributed by atoms with Gasteiger partial charge in [0.15, 0.2) is 9.84 Å². The van der Waals surface area contributed by atoms with Crippen LogP contribution in [-0.2, 0) is 15.6 Å². The summed E-state index contributed by atoms with van der Waals surface area (Å²) in [5, 5.41) is 1.18. The smallest absolute Gasteiger partial charge is 0.156 e. The zero-order chi connectivity index (χ0) is 15.1. The first-order chi connectivity index (χ1) is 9.22. The van der Waals surface area contributed by atoms with Gasteiger partial charge in [-0.2, -0.15) is 0 Å². The molecule has 0 atom stereocenters. The van der Waals surface area contributed by atoms with Crippen LogP contribution in [0.5, 0.6) is 0 Å². The van der Waals surface area contributed by atoms with E-state index in [4.69, 9.17) is 11.6 Å². The molecule has 0 bridgehead atoms. The van der Waals surface area contributed by atoms with Crippen molar-refractivity contribution in [2.75, 3.05) is 0 Å². The number of sulfone groups is 1. The Kier molecular flexibility index (Phi) is 4.17. The zero-order valence-electron chi connectivity index (χ0n) is 12.2. The van der Waals surface area contributed by atoms with E-state index in [1.165, 1.54) is 0 Å². The third kappa shape index (κ3) is 2.86. The molecule has 1 aromatic heterocycles. The van der Waals surface area contributed by atoms with Gasteiger partial charge in [-0.3, -0.25) is 0 Å². The summed E-state index contributed by atoms with van der Waals surface area (Å²) in [6.07, 6.45) is 1.94. The Morgan fingerprint density at radius 2 is 1.85 bits per heavy atom. The van der Waals surface area contributed by atoms with Crippen LogP contribution < -0.4 is 0 Å². The van der Waals surface area contributed by atoms with Crippen molar-refractivity contribution in [1.82, 2.24) is 4.57 Å². The molecule has 0 amide bonds. The van der Waals surface area contributed by atoms with Gasteiger partial charge < -0.3 is 4.57 Å². The lowest BCUT2D eigenvalue weighted by atomic mass is 10.2. The van der Waals surface area contributed by atoms with Gasteiger partial charge in [-0.05, 0) is 51.5 Å². The highest BCUT2D eigenvalue weighted by Crippen LogP contribution is 2.29. The highest BCUT2D eigenvalue weighted by molar-refractivity contribution is 7.91. The van der Waals surface area contributed by atoms with Gasteiger partial charge >= 0.3 is 0 Å². The molecule has 110 valence electrons. The topological polar surface area (TPSA) is 39.1 Å². The second-order valence-electron chi connectivity index (χ2n) is 5.67. The molecule has 2 aromatic rings. The molecule has 0 saturated carbocycles. The van der Waals surface area contributed by atoms with Crippen LogP contribution in [0.1, 0.15) is 39.3 Å². The largest absolute Gasteiger partial charge is 0.345 e. The van der Waals surface area contributed by atoms with Gasteiger partial charge in [0.2, 0.25) is 0 Å². The van der Waals surface area contributed by atoms with Crippen molar-refractivity contribution in [3.8, 4) is 0 Å². The third-order valence-corrected chi connectivity index (χ3v) is 5.89. The van der Waals surface area contributed by atoms with E-state index in [1.54, 1.807) is 13.8 Å². The van der Waals surface area contributed by atoms with Gasteiger partial charge in [0.1, 0.15) is 0 Å². The van der Waals surface area contributed by atoms with Gasteiger partial charge in [-0.15, -0.1) is 0 Å². The minimum Gasteiger partial charge on any atom is -0.345 e. The predicted molar refractivity (Wildman–Crippen MR) is 85.1 cm³/mol. The van der Waals surface area contributed by atoms with Crippen molar-refractivity contribution in [2.24, 2.45) is 0 Å². The highest BCUT2D eigenvalue weighted by Gasteiger charge is 2.20. The molecular weight excluding hydrogens is 294 g/mol. The lowest BCUT2D eigenvalue weighted by molar-refractivity contribution is 0.586. The van der Waals surface area contributed by atoms with Gasteiger partial charge in [0.05, 0.1) is 11.0 Å². The number of fused-ring (bicyclic) bond motifs is 1. The van der Waals surface area contributed by atoms with E-state index in [1.807, 2.05) is 24.4 Å². The molecule has 0 N–H and O–H groups in total. The van der Waals surface area contributed by atoms with E-state index in [-0.39, 0.29) is 17.0 Å². The van der Waals surface area contributed by atoms with Crippen LogP contribution in [0, 0.1) is 0 Å². The molecule has 0 aliphatic rings. The highest BCUT2D eigenvalue weighted by atomic mass is 35.5. The monoisotopic (exact) mass is 313 g/mol. The summed E-state index contributed by atoms with van der Waals surface area (Å²) in [7, 11) is -3.12. The number of hydrogen-bond donors (Lipinski definition) is 0. The second kappa shape index (κ2) is 5.41. The fourth-order valence-electron chi connectivity index (χ4n) is 2.22. The van der Waals surface area contributed by atoms with E-state index in [0.717, 1.165) is 16.5 Å². The summed E-state index contributed by atoms with van der Waals surface area (Å²) in [4.78, 5) is 0. The van der Waals surface area contributed by atoms with Crippen molar-refractivity contribution >= 4 is 32.3 Å². The lowest BCUT2D eigenvalue weighted by Crippen LogP contribution is -2.15. The van der Waals surface area contributed by atoms with Crippen molar-refractivity contribution < 1.29 is 8.42 Å². The standard InChI is InChI=1S/C15H20ClNO2S/c1-10(2)17-8-12(9-20(18,19)11(3)4)14-7-13(16)5-6-15(14)17/h5-8,10-11H,9H2,1-4H3. The molecule has 2 rings (SSSR count). The van der Waals surface area contributed by atoms with Crippen molar-refractivity contribution in [2.45, 2.75) is 44.7 Å². The molecule has 0 spiro atoms. The Bertz CT molecular complexity index is 730. The summed E-state index contributed by atoms with van der Waals surface area (Å²) >= 11 is 6.05. The number of hydrogen-bond acceptors (Lipinski definition) is 2. The van der Waals surface area contributed by atoms with E-state index in [0.29, 0.717) is 5.02 Å². The van der Waals surface area contributed by atoms with Crippen LogP contribution in [0.25, 0.3) is 10.9 Å². The average molecular weight is 314 g/mol. The number of benzene rings is 1. The van der Waals surface area contributed by atoms with Gasteiger partial charge in [0.25, 0.3) is 0 Å². The van der Waals surface area contributed by atoms with Crippen LogP contribution in [0.15, 0.2) is 24.4 Å². The Labute approximate surface area is 125 Å². The number of rotatable bonds is 4. The third-order valence-electron chi connectivity index (χ3n) is 3.51. The molecule has 20 heavy (non-hydrogen) atoms. The molecule has 0 saturated heterocycles. The molecule has 3 nitrogen and oxygen atoms in total. The minimum absolute atomic E-state index is 0.0568. The molecule has 5 heteroatoms. The maximum Gasteiger partial charge on any atom is 0.156 e. The number of halogens is 1. The van der Waals surface area contributed by atoms with Gasteiger partial charge in [0, 0.05) is 28.2 Å². The molecule has 0 aliphatic heterocycles. The first-order valence-corrected chi connectivity index (χ1v) is 8.82. The van der Waals surface area contributed by atoms with E-state index >= 15 is 0 Å². The first kappa shape index (κ1) is 15.4. The van der Waals surface area contributed by atoms with E-state index in [2.05, 4.69) is 18.4 Å². The Morgan fingerprint density at radius 1 is 1.20 bits per heavy atom. The summed E-state index contributed by atoms with van der Waals surface area (Å²) < 4.78 is 26.4. The van der Waals surface area contributed by atoms with E-state index in [9.17, 15) is 8.42 Å². The van der Waals surface area contributed by atoms with Crippen molar-refractivity contribution in [1.29, 1.82) is 0 Å². The number of aromatic nitrogens is 1. The first-order valence-electron chi connectivity index (χ1n) is 6.73. The summed E-state index contributed by atoms with van der Waals surface area (Å²) in [5.74, 6) is 0.0568. The Balaban J connectivity index is 2.62. The second-order valence-corrected chi connectivity index (χ2v) is 8.67. The summed E-state index contributed by atoms with van der Waals surface area (Å²) in [5.41, 5.74) is 1.85. The predicted octanol–water partition coefficient (Wildman–Crippen LogP) is 4.20. The molecular formula is C15H20ClNO2S. The normalized spacial score (nSPS) is 12.8. The molecule has 1 aromatic carbocycles. The molecule has 1 heterocycles. The van der Waals surface area contributed by atoms with Crippen LogP contribution in [-0.4, -0.2) is 18.2 Å². The van der Waals surface area contributed by atoms with Gasteiger partial charge in [-0.1, -0.05) is 11.6 Å². The quantitative estimate of drug-likeness (QED) is 0.848. The summed E-state index contributed by atoms with van der Waals surface area (Å²) in [6.45, 7) is 7.58. The SMILES string of the molecule is CC(C)n1cc(CS(=O)(=O)C(C)C)c2cc(Cl)ccc21. The maximum atomic E-state index is 12.2. The fourth-order valence-corrected chi connectivity index (χ4v) is 3.39. The number of nitrogens with zero attached hydrogens (tertiary/aromatic N) is 1. The molecule has 0 unspecified atom stereocenters. The van der Waals surface area contributed by atoms with Crippen LogP contribution in [0.2, 0.25) is 5.02 Å². The van der Waals surface area contributed by atoms with E-state index < -0.39 is 9.84 Å². The zero-order valence-corrected chi connectivity index (χ0v) is 13.8. The molecule has 0 radical (unpaired) electrons. The van der Waals surface area contributed by atoms with Crippen molar-refractivity contribution in [3.05, 3.63) is 35.0 Å². The average Bonchev–Trinajstić information content (AvgIpc) is 2.67. The Morgan fingerprint density at radius 3 is 2.40 bits per heavy atom. The van der Waals surface area contributed by atoms with Gasteiger partial charge in [-0.25, -0.2) is 8.42 Å². The summed E-state index contributed by atoms with van der Waals surface area (Å²) in [6, 6.07) is 5.90. The minimum atomic E-state index is -3.12. The lowest BCUT2D eigenvalue weighted by Gasteiger charge is -2.08.